The molecule has 2 aromatic heterocycles. The van der Waals surface area contributed by atoms with Gasteiger partial charge in [-0.1, -0.05) is 49.1 Å². The van der Waals surface area contributed by atoms with Crippen LogP contribution in [0.1, 0.15) is 20.8 Å². The van der Waals surface area contributed by atoms with Gasteiger partial charge < -0.3 is 14.6 Å². The van der Waals surface area contributed by atoms with E-state index in [0.717, 1.165) is 27.4 Å². The van der Waals surface area contributed by atoms with E-state index in [1.807, 2.05) is 60.0 Å². The van der Waals surface area contributed by atoms with E-state index in [1.54, 1.807) is 0 Å². The van der Waals surface area contributed by atoms with Crippen LogP contribution in [0.25, 0.3) is 21.6 Å². The average Bonchev–Trinajstić information content (AvgIpc) is 3.39. The number of para-hydroxylation sites is 1. The first kappa shape index (κ1) is 22.3. The maximum absolute atomic E-state index is 12.4. The quantitative estimate of drug-likeness (QED) is 0.335. The van der Waals surface area contributed by atoms with E-state index in [1.165, 1.54) is 23.1 Å². The van der Waals surface area contributed by atoms with Crippen molar-refractivity contribution < 1.29 is 9.53 Å². The highest BCUT2D eigenvalue weighted by Crippen LogP contribution is 2.27. The normalized spacial score (nSPS) is 11.2. The van der Waals surface area contributed by atoms with Crippen LogP contribution in [-0.2, 0) is 11.3 Å². The van der Waals surface area contributed by atoms with Crippen molar-refractivity contribution in [2.75, 3.05) is 17.7 Å². The minimum absolute atomic E-state index is 0.118. The highest BCUT2D eigenvalue weighted by molar-refractivity contribution is 7.99. The lowest BCUT2D eigenvalue weighted by Crippen LogP contribution is -2.14. The molecule has 0 radical (unpaired) electrons. The number of hydrogen-bond acceptors (Lipinski definition) is 7. The van der Waals surface area contributed by atoms with E-state index in [-0.39, 0.29) is 11.7 Å². The fraction of sp³-hybridized carbons (Fsp3) is 0.304. The third kappa shape index (κ3) is 5.28. The molecule has 1 N–H and O–H groups in total. The van der Waals surface area contributed by atoms with Gasteiger partial charge in [0.25, 0.3) is 0 Å². The number of hydrogen-bond donors (Lipinski definition) is 1. The van der Waals surface area contributed by atoms with Crippen LogP contribution in [0.5, 0.6) is 5.75 Å². The minimum atomic E-state index is -0.118. The Labute approximate surface area is 195 Å². The van der Waals surface area contributed by atoms with Crippen molar-refractivity contribution >= 4 is 44.4 Å². The van der Waals surface area contributed by atoms with Crippen LogP contribution in [0.3, 0.4) is 0 Å². The molecule has 32 heavy (non-hydrogen) atoms. The molecule has 0 saturated carbocycles. The second-order valence-corrected chi connectivity index (χ2v) is 9.58. The molecular weight excluding hydrogens is 442 g/mol. The minimum Gasteiger partial charge on any atom is -0.493 e. The Morgan fingerprint density at radius 1 is 1.16 bits per heavy atom. The average molecular weight is 468 g/mol. The Morgan fingerprint density at radius 2 is 1.94 bits per heavy atom. The number of nitrogens with one attached hydrogen (secondary N) is 1. The zero-order valence-electron chi connectivity index (χ0n) is 18.2. The standard InChI is InChI=1S/C23H25N5O2S2/c1-4-28-21(16-9-11-17(12-10-16)30-13-15(2)3)26-27-23(28)31-14-20(29)25-22-24-18-7-5-6-8-19(18)32-22/h5-12,15H,4,13-14H2,1-3H3,(H,24,25,29). The van der Waals surface area contributed by atoms with E-state index in [9.17, 15) is 4.79 Å². The van der Waals surface area contributed by atoms with Crippen molar-refractivity contribution in [1.29, 1.82) is 0 Å². The molecule has 0 aliphatic heterocycles. The molecule has 0 unspecified atom stereocenters. The smallest absolute Gasteiger partial charge is 0.236 e. The Hall–Kier alpha value is -2.91. The molecule has 7 nitrogen and oxygen atoms in total. The van der Waals surface area contributed by atoms with Crippen molar-refractivity contribution in [1.82, 2.24) is 19.7 Å². The van der Waals surface area contributed by atoms with Gasteiger partial charge in [-0.25, -0.2) is 4.98 Å². The topological polar surface area (TPSA) is 81.9 Å². The molecular formula is C23H25N5O2S2. The lowest BCUT2D eigenvalue weighted by molar-refractivity contribution is -0.113. The monoisotopic (exact) mass is 467 g/mol. The van der Waals surface area contributed by atoms with E-state index in [2.05, 4.69) is 34.3 Å². The number of rotatable bonds is 9. The Balaban J connectivity index is 1.39. The van der Waals surface area contributed by atoms with Crippen LogP contribution < -0.4 is 10.1 Å². The molecule has 0 spiro atoms. The first-order valence-corrected chi connectivity index (χ1v) is 12.3. The maximum Gasteiger partial charge on any atom is 0.236 e. The summed E-state index contributed by atoms with van der Waals surface area (Å²) in [5.74, 6) is 2.20. The molecule has 4 rings (SSSR count). The zero-order chi connectivity index (χ0) is 22.5. The number of carbonyl (C=O) groups is 1. The summed E-state index contributed by atoms with van der Waals surface area (Å²) in [6, 6.07) is 15.7. The summed E-state index contributed by atoms with van der Waals surface area (Å²) < 4.78 is 8.82. The fourth-order valence-electron chi connectivity index (χ4n) is 3.07. The zero-order valence-corrected chi connectivity index (χ0v) is 19.9. The van der Waals surface area contributed by atoms with Crippen LogP contribution >= 0.6 is 23.1 Å². The van der Waals surface area contributed by atoms with Gasteiger partial charge in [-0.2, -0.15) is 0 Å². The van der Waals surface area contributed by atoms with Crippen LogP contribution in [0.2, 0.25) is 0 Å². The summed E-state index contributed by atoms with van der Waals surface area (Å²) in [6.45, 7) is 7.67. The largest absolute Gasteiger partial charge is 0.493 e. The summed E-state index contributed by atoms with van der Waals surface area (Å²) in [7, 11) is 0. The van der Waals surface area contributed by atoms with Gasteiger partial charge >= 0.3 is 0 Å². The predicted molar refractivity (Wildman–Crippen MR) is 130 cm³/mol. The number of ether oxygens (including phenoxy) is 1. The summed E-state index contributed by atoms with van der Waals surface area (Å²) in [5.41, 5.74) is 1.85. The van der Waals surface area contributed by atoms with Crippen molar-refractivity contribution in [3.8, 4) is 17.1 Å². The van der Waals surface area contributed by atoms with Gasteiger partial charge in [0.2, 0.25) is 5.91 Å². The summed E-state index contributed by atoms with van der Waals surface area (Å²) in [6.07, 6.45) is 0. The van der Waals surface area contributed by atoms with E-state index in [4.69, 9.17) is 4.74 Å². The molecule has 0 saturated heterocycles. The number of nitrogens with zero attached hydrogens (tertiary/aromatic N) is 4. The number of thioether (sulfide) groups is 1. The van der Waals surface area contributed by atoms with Gasteiger partial charge in [-0.15, -0.1) is 10.2 Å². The van der Waals surface area contributed by atoms with Crippen LogP contribution in [-0.4, -0.2) is 38.0 Å². The number of fused-ring (bicyclic) bond motifs is 1. The highest BCUT2D eigenvalue weighted by atomic mass is 32.2. The number of aromatic nitrogens is 4. The lowest BCUT2D eigenvalue weighted by atomic mass is 10.2. The summed E-state index contributed by atoms with van der Waals surface area (Å²) in [5, 5.41) is 12.9. The number of thiazole rings is 1. The maximum atomic E-state index is 12.4. The van der Waals surface area contributed by atoms with Gasteiger partial charge in [-0.3, -0.25) is 4.79 Å². The molecule has 9 heteroatoms. The third-order valence-corrected chi connectivity index (χ3v) is 6.52. The molecule has 0 fully saturated rings. The third-order valence-electron chi connectivity index (χ3n) is 4.60. The van der Waals surface area contributed by atoms with Gasteiger partial charge in [0.05, 0.1) is 22.6 Å². The van der Waals surface area contributed by atoms with Crippen molar-refractivity contribution in [2.24, 2.45) is 5.92 Å². The number of carbonyl (C=O) groups excluding carboxylic acids is 1. The summed E-state index contributed by atoms with van der Waals surface area (Å²) in [4.78, 5) is 16.9. The number of anilines is 1. The van der Waals surface area contributed by atoms with Gasteiger partial charge in [0.15, 0.2) is 16.1 Å². The molecule has 0 bridgehead atoms. The molecule has 166 valence electrons. The van der Waals surface area contributed by atoms with E-state index in [0.29, 0.717) is 29.4 Å². The number of amides is 1. The number of benzene rings is 2. The predicted octanol–water partition coefficient (Wildman–Crippen LogP) is 5.34. The van der Waals surface area contributed by atoms with Gasteiger partial charge in [0, 0.05) is 12.1 Å². The first-order chi connectivity index (χ1) is 15.5. The molecule has 2 heterocycles. The molecule has 4 aromatic rings. The van der Waals surface area contributed by atoms with Gasteiger partial charge in [-0.05, 0) is 49.2 Å². The second kappa shape index (κ2) is 10.1. The molecule has 0 aliphatic rings. The Morgan fingerprint density at radius 3 is 2.66 bits per heavy atom. The molecule has 1 amide bonds. The second-order valence-electron chi connectivity index (χ2n) is 7.60. The SMILES string of the molecule is CCn1c(SCC(=O)Nc2nc3ccccc3s2)nnc1-c1ccc(OCC(C)C)cc1. The van der Waals surface area contributed by atoms with Crippen LogP contribution in [0.4, 0.5) is 5.13 Å². The Kier molecular flexibility index (Phi) is 7.06. The molecule has 2 aromatic carbocycles. The summed E-state index contributed by atoms with van der Waals surface area (Å²) >= 11 is 2.83. The van der Waals surface area contributed by atoms with Crippen LogP contribution in [0, 0.1) is 5.92 Å². The highest BCUT2D eigenvalue weighted by Gasteiger charge is 2.15. The van der Waals surface area contributed by atoms with Gasteiger partial charge in [0.1, 0.15) is 5.75 Å². The van der Waals surface area contributed by atoms with E-state index < -0.39 is 0 Å². The fourth-order valence-corrected chi connectivity index (χ4v) is 4.75. The first-order valence-electron chi connectivity index (χ1n) is 10.5. The molecule has 0 aliphatic carbocycles. The van der Waals surface area contributed by atoms with Crippen molar-refractivity contribution in [3.63, 3.8) is 0 Å². The van der Waals surface area contributed by atoms with Crippen LogP contribution in [0.15, 0.2) is 53.7 Å². The van der Waals surface area contributed by atoms with Crippen molar-refractivity contribution in [2.45, 2.75) is 32.5 Å². The Bertz CT molecular complexity index is 1170. The molecule has 0 atom stereocenters. The lowest BCUT2D eigenvalue weighted by Gasteiger charge is -2.10. The van der Waals surface area contributed by atoms with Crippen molar-refractivity contribution in [3.05, 3.63) is 48.5 Å². The van der Waals surface area contributed by atoms with E-state index >= 15 is 0 Å².